The molecule has 0 saturated carbocycles. The van der Waals surface area contributed by atoms with Crippen molar-refractivity contribution < 1.29 is 13.2 Å². The first-order chi connectivity index (χ1) is 12.6. The van der Waals surface area contributed by atoms with Crippen molar-refractivity contribution in [2.24, 2.45) is 0 Å². The predicted octanol–water partition coefficient (Wildman–Crippen LogP) is 1.65. The minimum absolute atomic E-state index is 0.0116. The molecule has 0 aliphatic carbocycles. The lowest BCUT2D eigenvalue weighted by atomic mass is 10.1. The van der Waals surface area contributed by atoms with Gasteiger partial charge in [-0.2, -0.15) is 8.42 Å². The standard InChI is InChI=1S/C18H22N4O3S/c23-18(21-9-4-1-5-10-21)13-20-12-17(19-14-20)26(24,25)22-11-8-15-6-2-3-7-16(15)22/h2-3,6-7,12,14H,1,4-5,8-11,13H2. The third-order valence-corrected chi connectivity index (χ3v) is 6.73. The van der Waals surface area contributed by atoms with Gasteiger partial charge in [-0.05, 0) is 37.3 Å². The van der Waals surface area contributed by atoms with E-state index in [4.69, 9.17) is 0 Å². The van der Waals surface area contributed by atoms with Gasteiger partial charge in [0.1, 0.15) is 6.54 Å². The van der Waals surface area contributed by atoms with E-state index in [1.165, 1.54) is 16.8 Å². The van der Waals surface area contributed by atoms with Gasteiger partial charge in [0.15, 0.2) is 5.03 Å². The van der Waals surface area contributed by atoms with Crippen LogP contribution < -0.4 is 4.31 Å². The molecule has 0 radical (unpaired) electrons. The molecule has 1 amide bonds. The number of hydrogen-bond acceptors (Lipinski definition) is 4. The van der Waals surface area contributed by atoms with Gasteiger partial charge in [-0.15, -0.1) is 0 Å². The first-order valence-electron chi connectivity index (χ1n) is 8.96. The minimum Gasteiger partial charge on any atom is -0.341 e. The second kappa shape index (κ2) is 6.75. The van der Waals surface area contributed by atoms with Gasteiger partial charge in [0.25, 0.3) is 10.0 Å². The number of imidazole rings is 1. The number of piperidine rings is 1. The van der Waals surface area contributed by atoms with Crippen LogP contribution in [0.25, 0.3) is 0 Å². The van der Waals surface area contributed by atoms with Crippen molar-refractivity contribution in [3.63, 3.8) is 0 Å². The summed E-state index contributed by atoms with van der Waals surface area (Å²) >= 11 is 0. The topological polar surface area (TPSA) is 75.5 Å². The number of aromatic nitrogens is 2. The second-order valence-corrected chi connectivity index (χ2v) is 8.59. The highest BCUT2D eigenvalue weighted by atomic mass is 32.2. The number of carbonyl (C=O) groups excluding carboxylic acids is 1. The molecule has 3 heterocycles. The quantitative estimate of drug-likeness (QED) is 0.815. The number of amides is 1. The molecule has 2 aliphatic rings. The van der Waals surface area contributed by atoms with Crippen LogP contribution in [-0.4, -0.2) is 48.4 Å². The molecule has 138 valence electrons. The van der Waals surface area contributed by atoms with Crippen LogP contribution in [0.1, 0.15) is 24.8 Å². The maximum absolute atomic E-state index is 13.0. The van der Waals surface area contributed by atoms with Crippen LogP contribution in [0.15, 0.2) is 41.8 Å². The van der Waals surface area contributed by atoms with E-state index < -0.39 is 10.0 Å². The van der Waals surface area contributed by atoms with Crippen molar-refractivity contribution in [1.29, 1.82) is 0 Å². The van der Waals surface area contributed by atoms with Crippen molar-refractivity contribution in [2.45, 2.75) is 37.3 Å². The molecule has 4 rings (SSSR count). The normalized spacial score (nSPS) is 17.4. The van der Waals surface area contributed by atoms with Gasteiger partial charge in [0.2, 0.25) is 5.91 Å². The van der Waals surface area contributed by atoms with Crippen molar-refractivity contribution in [3.8, 4) is 0 Å². The summed E-state index contributed by atoms with van der Waals surface area (Å²) in [6, 6.07) is 7.51. The Morgan fingerprint density at radius 2 is 1.85 bits per heavy atom. The Morgan fingerprint density at radius 3 is 2.65 bits per heavy atom. The van der Waals surface area contributed by atoms with Crippen LogP contribution in [-0.2, 0) is 27.8 Å². The van der Waals surface area contributed by atoms with Gasteiger partial charge < -0.3 is 9.47 Å². The summed E-state index contributed by atoms with van der Waals surface area (Å²) < 4.78 is 28.9. The van der Waals surface area contributed by atoms with E-state index in [-0.39, 0.29) is 17.5 Å². The number of carbonyl (C=O) groups is 1. The molecule has 1 saturated heterocycles. The van der Waals surface area contributed by atoms with Crippen molar-refractivity contribution >= 4 is 21.6 Å². The predicted molar refractivity (Wildman–Crippen MR) is 97.3 cm³/mol. The average Bonchev–Trinajstić information content (AvgIpc) is 3.30. The first kappa shape index (κ1) is 17.1. The summed E-state index contributed by atoms with van der Waals surface area (Å²) in [5.41, 5.74) is 1.74. The molecule has 0 N–H and O–H groups in total. The molecule has 0 unspecified atom stereocenters. The first-order valence-corrected chi connectivity index (χ1v) is 10.4. The lowest BCUT2D eigenvalue weighted by molar-refractivity contribution is -0.132. The molecular formula is C18H22N4O3S. The Morgan fingerprint density at radius 1 is 1.08 bits per heavy atom. The summed E-state index contributed by atoms with van der Waals surface area (Å²) in [4.78, 5) is 18.3. The molecule has 7 nitrogen and oxygen atoms in total. The molecular weight excluding hydrogens is 352 g/mol. The van der Waals surface area contributed by atoms with E-state index in [0.29, 0.717) is 18.7 Å². The molecule has 2 aliphatic heterocycles. The maximum atomic E-state index is 13.0. The third-order valence-electron chi connectivity index (χ3n) is 5.04. The molecule has 1 aromatic heterocycles. The third kappa shape index (κ3) is 3.09. The summed E-state index contributed by atoms with van der Waals surface area (Å²) in [7, 11) is -3.72. The highest BCUT2D eigenvalue weighted by Gasteiger charge is 2.32. The summed E-state index contributed by atoms with van der Waals surface area (Å²) in [5, 5.41) is -0.0133. The fourth-order valence-electron chi connectivity index (χ4n) is 3.63. The summed E-state index contributed by atoms with van der Waals surface area (Å²) in [6.45, 7) is 2.10. The fourth-order valence-corrected chi connectivity index (χ4v) is 5.07. The Bertz CT molecular complexity index is 916. The van der Waals surface area contributed by atoms with Crippen LogP contribution in [0.3, 0.4) is 0 Å². The highest BCUT2D eigenvalue weighted by molar-refractivity contribution is 7.92. The number of fused-ring (bicyclic) bond motifs is 1. The Balaban J connectivity index is 1.51. The number of rotatable bonds is 4. The van der Waals surface area contributed by atoms with E-state index >= 15 is 0 Å². The summed E-state index contributed by atoms with van der Waals surface area (Å²) in [6.07, 6.45) is 6.81. The number of nitrogens with zero attached hydrogens (tertiary/aromatic N) is 4. The molecule has 2 aromatic rings. The zero-order valence-electron chi connectivity index (χ0n) is 14.5. The fraction of sp³-hybridized carbons (Fsp3) is 0.444. The van der Waals surface area contributed by atoms with E-state index in [1.807, 2.05) is 29.2 Å². The van der Waals surface area contributed by atoms with Crippen molar-refractivity contribution in [2.75, 3.05) is 23.9 Å². The number of anilines is 1. The van der Waals surface area contributed by atoms with E-state index in [0.717, 1.165) is 37.9 Å². The van der Waals surface area contributed by atoms with Crippen LogP contribution in [0, 0.1) is 0 Å². The SMILES string of the molecule is O=C(Cn1cnc(S(=O)(=O)N2CCc3ccccc32)c1)N1CCCCC1. The Hall–Kier alpha value is -2.35. The van der Waals surface area contributed by atoms with E-state index in [9.17, 15) is 13.2 Å². The lowest BCUT2D eigenvalue weighted by Crippen LogP contribution is -2.37. The van der Waals surface area contributed by atoms with Crippen LogP contribution in [0.2, 0.25) is 0 Å². The minimum atomic E-state index is -3.72. The number of para-hydroxylation sites is 1. The molecule has 1 aromatic carbocycles. The van der Waals surface area contributed by atoms with Crippen LogP contribution in [0.4, 0.5) is 5.69 Å². The zero-order valence-corrected chi connectivity index (χ0v) is 15.4. The van der Waals surface area contributed by atoms with E-state index in [2.05, 4.69) is 4.98 Å². The number of likely N-dealkylation sites (tertiary alicyclic amines) is 1. The number of benzene rings is 1. The van der Waals surface area contributed by atoms with Crippen LogP contribution in [0.5, 0.6) is 0 Å². The largest absolute Gasteiger partial charge is 0.341 e. The molecule has 0 atom stereocenters. The van der Waals surface area contributed by atoms with Crippen LogP contribution >= 0.6 is 0 Å². The molecule has 26 heavy (non-hydrogen) atoms. The van der Waals surface area contributed by atoms with Gasteiger partial charge in [0.05, 0.1) is 12.0 Å². The van der Waals surface area contributed by atoms with Gasteiger partial charge in [0, 0.05) is 25.8 Å². The van der Waals surface area contributed by atoms with E-state index in [1.54, 1.807) is 4.57 Å². The van der Waals surface area contributed by atoms with Crippen molar-refractivity contribution in [3.05, 3.63) is 42.4 Å². The molecule has 8 heteroatoms. The monoisotopic (exact) mass is 374 g/mol. The van der Waals surface area contributed by atoms with Gasteiger partial charge in [-0.1, -0.05) is 18.2 Å². The van der Waals surface area contributed by atoms with Gasteiger partial charge in [-0.25, -0.2) is 4.98 Å². The smallest absolute Gasteiger partial charge is 0.283 e. The second-order valence-electron chi connectivity index (χ2n) is 6.78. The Kier molecular flexibility index (Phi) is 4.44. The number of sulfonamides is 1. The molecule has 0 bridgehead atoms. The van der Waals surface area contributed by atoms with Gasteiger partial charge in [-0.3, -0.25) is 9.10 Å². The molecule has 1 fully saturated rings. The Labute approximate surface area is 153 Å². The number of hydrogen-bond donors (Lipinski definition) is 0. The average molecular weight is 374 g/mol. The van der Waals surface area contributed by atoms with Gasteiger partial charge >= 0.3 is 0 Å². The lowest BCUT2D eigenvalue weighted by Gasteiger charge is -2.26. The maximum Gasteiger partial charge on any atom is 0.283 e. The van der Waals surface area contributed by atoms with Crippen molar-refractivity contribution in [1.82, 2.24) is 14.5 Å². The summed E-state index contributed by atoms with van der Waals surface area (Å²) in [5.74, 6) is 0.0116. The highest BCUT2D eigenvalue weighted by Crippen LogP contribution is 2.32. The zero-order chi connectivity index (χ0) is 18.1. The molecule has 0 spiro atoms.